The maximum Gasteiger partial charge on any atom is 0.303 e. The molecule has 0 aliphatic rings. The van der Waals surface area contributed by atoms with Gasteiger partial charge in [0.2, 0.25) is 0 Å². The molecular weight excluding hydrogens is 384 g/mol. The van der Waals surface area contributed by atoms with Crippen LogP contribution in [-0.4, -0.2) is 21.0 Å². The Morgan fingerprint density at radius 3 is 1.58 bits per heavy atom. The molecule has 2 aromatic carbocycles. The van der Waals surface area contributed by atoms with Crippen molar-refractivity contribution in [3.63, 3.8) is 0 Å². The second kappa shape index (κ2) is 8.92. The Labute approximate surface area is 182 Å². The molecule has 0 unspecified atom stereocenters. The molecule has 4 rings (SSSR count). The van der Waals surface area contributed by atoms with E-state index in [9.17, 15) is 9.90 Å². The summed E-state index contributed by atoms with van der Waals surface area (Å²) in [6.45, 7) is 2.15. The van der Waals surface area contributed by atoms with Gasteiger partial charge in [-0.2, -0.15) is 0 Å². The smallest absolute Gasteiger partial charge is 0.303 e. The van der Waals surface area contributed by atoms with Crippen molar-refractivity contribution in [1.82, 2.24) is 9.97 Å². The van der Waals surface area contributed by atoms with Crippen LogP contribution in [0.2, 0.25) is 0 Å². The van der Waals surface area contributed by atoms with Gasteiger partial charge < -0.3 is 5.11 Å². The highest BCUT2D eigenvalue weighted by Crippen LogP contribution is 2.44. The highest BCUT2D eigenvalue weighted by molar-refractivity contribution is 5.75. The number of carboxylic acids is 1. The first-order chi connectivity index (χ1) is 15.1. The molecule has 0 aliphatic carbocycles. The lowest BCUT2D eigenvalue weighted by molar-refractivity contribution is -0.137. The fourth-order valence-corrected chi connectivity index (χ4v) is 4.27. The van der Waals surface area contributed by atoms with E-state index in [2.05, 4.69) is 41.2 Å². The van der Waals surface area contributed by atoms with E-state index in [0.29, 0.717) is 6.42 Å². The van der Waals surface area contributed by atoms with Crippen molar-refractivity contribution in [2.75, 3.05) is 0 Å². The van der Waals surface area contributed by atoms with Gasteiger partial charge in [-0.25, -0.2) is 0 Å². The monoisotopic (exact) mass is 408 g/mol. The number of pyridine rings is 2. The first-order valence-electron chi connectivity index (χ1n) is 10.3. The predicted molar refractivity (Wildman–Crippen MR) is 123 cm³/mol. The minimum absolute atomic E-state index is 0.0753. The average molecular weight is 409 g/mol. The molecule has 0 radical (unpaired) electrons. The molecule has 31 heavy (non-hydrogen) atoms. The summed E-state index contributed by atoms with van der Waals surface area (Å²) in [6.07, 6.45) is 7.69. The third kappa shape index (κ3) is 4.24. The predicted octanol–water partition coefficient (Wildman–Crippen LogP) is 5.98. The molecule has 1 N–H and O–H groups in total. The minimum atomic E-state index is -0.797. The lowest BCUT2D eigenvalue weighted by atomic mass is 9.68. The number of carbonyl (C=O) groups is 1. The molecule has 0 atom stereocenters. The van der Waals surface area contributed by atoms with E-state index >= 15 is 0 Å². The summed E-state index contributed by atoms with van der Waals surface area (Å²) in [7, 11) is 0. The SMILES string of the molecule is CC(CCC(=O)O)(c1ccccc1-c1ccncc1)c1ccccc1-c1ccncc1. The molecule has 0 aliphatic heterocycles. The number of aromatic nitrogens is 2. The standard InChI is InChI=1S/C27H24N2O2/c1-27(15-10-26(30)31,24-8-4-2-6-22(24)20-11-16-28-17-12-20)25-9-5-3-7-23(25)21-13-18-29-19-14-21/h2-9,11-14,16-19H,10,15H2,1H3,(H,30,31). The van der Waals surface area contributed by atoms with E-state index < -0.39 is 11.4 Å². The number of aliphatic carboxylic acids is 1. The number of benzene rings is 2. The highest BCUT2D eigenvalue weighted by Gasteiger charge is 2.34. The summed E-state index contributed by atoms with van der Waals surface area (Å²) in [4.78, 5) is 19.9. The van der Waals surface area contributed by atoms with E-state index in [4.69, 9.17) is 0 Å². The van der Waals surface area contributed by atoms with Gasteiger partial charge in [0.25, 0.3) is 0 Å². The van der Waals surface area contributed by atoms with Crippen molar-refractivity contribution in [1.29, 1.82) is 0 Å². The van der Waals surface area contributed by atoms with Gasteiger partial charge in [-0.05, 0) is 64.1 Å². The number of carboxylic acid groups (broad SMARTS) is 1. The van der Waals surface area contributed by atoms with Crippen LogP contribution in [0.15, 0.2) is 97.6 Å². The quantitative estimate of drug-likeness (QED) is 0.408. The molecule has 2 aromatic heterocycles. The van der Waals surface area contributed by atoms with Crippen LogP contribution in [0.25, 0.3) is 22.3 Å². The Morgan fingerprint density at radius 1 is 0.742 bits per heavy atom. The summed E-state index contributed by atoms with van der Waals surface area (Å²) < 4.78 is 0. The Morgan fingerprint density at radius 2 is 1.16 bits per heavy atom. The molecule has 4 heteroatoms. The van der Waals surface area contributed by atoms with Gasteiger partial charge >= 0.3 is 5.97 Å². The largest absolute Gasteiger partial charge is 0.481 e. The van der Waals surface area contributed by atoms with E-state index in [-0.39, 0.29) is 6.42 Å². The molecule has 154 valence electrons. The van der Waals surface area contributed by atoms with Crippen molar-refractivity contribution < 1.29 is 9.90 Å². The van der Waals surface area contributed by atoms with Crippen LogP contribution in [0.3, 0.4) is 0 Å². The Hall–Kier alpha value is -3.79. The second-order valence-electron chi connectivity index (χ2n) is 7.79. The van der Waals surface area contributed by atoms with Gasteiger partial charge in [-0.1, -0.05) is 55.5 Å². The van der Waals surface area contributed by atoms with Crippen LogP contribution < -0.4 is 0 Å². The van der Waals surface area contributed by atoms with Crippen LogP contribution in [0.5, 0.6) is 0 Å². The average Bonchev–Trinajstić information content (AvgIpc) is 2.84. The summed E-state index contributed by atoms with van der Waals surface area (Å²) in [6, 6.07) is 24.5. The fraction of sp³-hybridized carbons (Fsp3) is 0.148. The van der Waals surface area contributed by atoms with Gasteiger partial charge in [0.15, 0.2) is 0 Å². The van der Waals surface area contributed by atoms with Crippen molar-refractivity contribution >= 4 is 5.97 Å². The molecule has 2 heterocycles. The Kier molecular flexibility index (Phi) is 5.89. The fourth-order valence-electron chi connectivity index (χ4n) is 4.27. The number of hydrogen-bond donors (Lipinski definition) is 1. The zero-order valence-corrected chi connectivity index (χ0v) is 17.4. The molecule has 0 amide bonds. The van der Waals surface area contributed by atoms with Gasteiger partial charge in [0.1, 0.15) is 0 Å². The molecule has 0 fully saturated rings. The van der Waals surface area contributed by atoms with Crippen molar-refractivity contribution in [3.05, 3.63) is 109 Å². The second-order valence-corrected chi connectivity index (χ2v) is 7.79. The third-order valence-corrected chi connectivity index (χ3v) is 5.86. The molecule has 4 nitrogen and oxygen atoms in total. The summed E-state index contributed by atoms with van der Waals surface area (Å²) in [5.41, 5.74) is 5.98. The summed E-state index contributed by atoms with van der Waals surface area (Å²) in [5.74, 6) is -0.797. The van der Waals surface area contributed by atoms with E-state index in [1.54, 1.807) is 24.8 Å². The van der Waals surface area contributed by atoms with Crippen LogP contribution >= 0.6 is 0 Å². The Bertz CT molecular complexity index is 1090. The summed E-state index contributed by atoms with van der Waals surface area (Å²) >= 11 is 0. The van der Waals surface area contributed by atoms with Gasteiger partial charge in [0, 0.05) is 36.6 Å². The minimum Gasteiger partial charge on any atom is -0.481 e. The summed E-state index contributed by atoms with van der Waals surface area (Å²) in [5, 5.41) is 9.53. The molecule has 0 saturated heterocycles. The van der Waals surface area contributed by atoms with Crippen LogP contribution in [0.4, 0.5) is 0 Å². The van der Waals surface area contributed by atoms with Crippen molar-refractivity contribution in [2.24, 2.45) is 0 Å². The number of nitrogens with zero attached hydrogens (tertiary/aromatic N) is 2. The maximum atomic E-state index is 11.6. The van der Waals surface area contributed by atoms with E-state index in [1.807, 2.05) is 48.5 Å². The van der Waals surface area contributed by atoms with Crippen LogP contribution in [0, 0.1) is 0 Å². The molecule has 4 aromatic rings. The number of hydrogen-bond acceptors (Lipinski definition) is 3. The lowest BCUT2D eigenvalue weighted by Gasteiger charge is -2.34. The normalized spacial score (nSPS) is 11.3. The lowest BCUT2D eigenvalue weighted by Crippen LogP contribution is -2.26. The van der Waals surface area contributed by atoms with E-state index in [1.165, 1.54) is 0 Å². The van der Waals surface area contributed by atoms with Gasteiger partial charge in [-0.3, -0.25) is 14.8 Å². The highest BCUT2D eigenvalue weighted by atomic mass is 16.4. The number of rotatable bonds is 7. The van der Waals surface area contributed by atoms with Crippen molar-refractivity contribution in [2.45, 2.75) is 25.2 Å². The first kappa shape index (κ1) is 20.5. The van der Waals surface area contributed by atoms with Gasteiger partial charge in [-0.15, -0.1) is 0 Å². The maximum absolute atomic E-state index is 11.6. The third-order valence-electron chi connectivity index (χ3n) is 5.86. The topological polar surface area (TPSA) is 63.1 Å². The molecule has 0 bridgehead atoms. The van der Waals surface area contributed by atoms with Gasteiger partial charge in [0.05, 0.1) is 0 Å². The molecular formula is C27H24N2O2. The van der Waals surface area contributed by atoms with E-state index in [0.717, 1.165) is 33.4 Å². The van der Waals surface area contributed by atoms with Crippen LogP contribution in [0.1, 0.15) is 30.9 Å². The first-order valence-corrected chi connectivity index (χ1v) is 10.3. The Balaban J connectivity index is 1.95. The zero-order chi connectivity index (χ0) is 21.7. The molecule has 0 spiro atoms. The molecule has 0 saturated carbocycles. The van der Waals surface area contributed by atoms with Crippen molar-refractivity contribution in [3.8, 4) is 22.3 Å². The van der Waals surface area contributed by atoms with Crippen LogP contribution in [-0.2, 0) is 10.2 Å². The zero-order valence-electron chi connectivity index (χ0n) is 17.4.